The number of rotatable bonds is 11. The van der Waals surface area contributed by atoms with Crippen LogP contribution in [0, 0.1) is 0 Å². The van der Waals surface area contributed by atoms with Crippen molar-refractivity contribution in [3.8, 4) is 5.75 Å². The molecule has 2 aromatic rings. The van der Waals surface area contributed by atoms with E-state index >= 15 is 0 Å². The largest absolute Gasteiger partial charge is 0.508 e. The van der Waals surface area contributed by atoms with Gasteiger partial charge in [0.05, 0.1) is 12.9 Å². The molecular weight excluding hydrogens is 420 g/mol. The fraction of sp³-hybridized carbons (Fsp3) is 0.350. The molecule has 0 saturated carbocycles. The Morgan fingerprint density at radius 3 is 2.22 bits per heavy atom. The van der Waals surface area contributed by atoms with Crippen molar-refractivity contribution in [1.82, 2.24) is 25.9 Å². The maximum absolute atomic E-state index is 13.0. The van der Waals surface area contributed by atoms with Crippen molar-refractivity contribution in [3.05, 3.63) is 48.0 Å². The van der Waals surface area contributed by atoms with Gasteiger partial charge in [0.2, 0.25) is 17.7 Å². The minimum atomic E-state index is -1.24. The fourth-order valence-electron chi connectivity index (χ4n) is 2.80. The lowest BCUT2D eigenvalue weighted by molar-refractivity contribution is -0.141. The number of aromatic amines is 1. The van der Waals surface area contributed by atoms with Crippen LogP contribution in [0.3, 0.4) is 0 Å². The van der Waals surface area contributed by atoms with Gasteiger partial charge in [-0.3, -0.25) is 19.2 Å². The Labute approximate surface area is 183 Å². The molecule has 0 bridgehead atoms. The number of aromatic hydroxyl groups is 1. The molecule has 0 saturated heterocycles. The molecule has 0 aliphatic carbocycles. The predicted octanol–water partition coefficient (Wildman–Crippen LogP) is -1.58. The van der Waals surface area contributed by atoms with E-state index in [1.54, 1.807) is 12.1 Å². The van der Waals surface area contributed by atoms with Crippen LogP contribution >= 0.6 is 0 Å². The first-order chi connectivity index (χ1) is 15.2. The van der Waals surface area contributed by atoms with E-state index in [0.717, 1.165) is 0 Å². The first kappa shape index (κ1) is 24.3. The predicted molar refractivity (Wildman–Crippen MR) is 112 cm³/mol. The minimum absolute atomic E-state index is 0.0196. The van der Waals surface area contributed by atoms with Crippen LogP contribution < -0.4 is 21.7 Å². The summed E-state index contributed by atoms with van der Waals surface area (Å²) in [6, 6.07) is 2.61. The summed E-state index contributed by atoms with van der Waals surface area (Å²) in [5, 5.41) is 25.9. The summed E-state index contributed by atoms with van der Waals surface area (Å²) in [6.07, 6.45) is 3.00. The van der Waals surface area contributed by atoms with Crippen LogP contribution in [0.25, 0.3) is 0 Å². The van der Waals surface area contributed by atoms with Crippen molar-refractivity contribution in [2.75, 3.05) is 6.54 Å². The molecule has 3 unspecified atom stereocenters. The molecule has 1 aromatic carbocycles. The lowest BCUT2D eigenvalue weighted by Crippen LogP contribution is -2.57. The molecule has 1 aromatic heterocycles. The number of phenols is 1. The van der Waals surface area contributed by atoms with Crippen LogP contribution in [0.4, 0.5) is 0 Å². The highest BCUT2D eigenvalue weighted by Crippen LogP contribution is 2.12. The Morgan fingerprint density at radius 1 is 1.03 bits per heavy atom. The number of H-pyrrole nitrogens is 1. The molecule has 172 valence electrons. The molecule has 3 atom stereocenters. The van der Waals surface area contributed by atoms with E-state index in [9.17, 15) is 24.3 Å². The zero-order valence-electron chi connectivity index (χ0n) is 17.4. The quantitative estimate of drug-likeness (QED) is 0.214. The second-order valence-corrected chi connectivity index (χ2v) is 7.11. The van der Waals surface area contributed by atoms with Crippen LogP contribution in [0.1, 0.15) is 18.2 Å². The number of imidazole rings is 1. The summed E-state index contributed by atoms with van der Waals surface area (Å²) < 4.78 is 0. The van der Waals surface area contributed by atoms with E-state index in [1.165, 1.54) is 31.6 Å². The molecule has 0 aliphatic rings. The summed E-state index contributed by atoms with van der Waals surface area (Å²) in [6.45, 7) is 0.961. The van der Waals surface area contributed by atoms with E-state index in [1.807, 2.05) is 0 Å². The zero-order valence-corrected chi connectivity index (χ0v) is 17.4. The second kappa shape index (κ2) is 11.5. The van der Waals surface area contributed by atoms with Gasteiger partial charge in [-0.25, -0.2) is 4.98 Å². The number of benzene rings is 1. The number of carboxylic acids is 1. The number of nitrogens with zero attached hydrogens (tertiary/aromatic N) is 1. The van der Waals surface area contributed by atoms with Crippen molar-refractivity contribution in [2.45, 2.75) is 37.9 Å². The number of phenolic OH excluding ortho intramolecular Hbond substituents is 1. The number of hydrogen-bond donors (Lipinski definition) is 7. The van der Waals surface area contributed by atoms with Gasteiger partial charge in [-0.05, 0) is 24.6 Å². The number of carbonyl (C=O) groups is 4. The first-order valence-corrected chi connectivity index (χ1v) is 9.77. The molecule has 0 aliphatic heterocycles. The number of nitrogens with two attached hydrogens (primary N) is 1. The summed E-state index contributed by atoms with van der Waals surface area (Å²) >= 11 is 0. The molecule has 0 radical (unpaired) electrons. The number of carbonyl (C=O) groups excluding carboxylic acids is 3. The van der Waals surface area contributed by atoms with Crippen LogP contribution in [0.2, 0.25) is 0 Å². The van der Waals surface area contributed by atoms with Gasteiger partial charge in [0, 0.05) is 24.7 Å². The van der Waals surface area contributed by atoms with Gasteiger partial charge in [0.25, 0.3) is 0 Å². The van der Waals surface area contributed by atoms with Crippen molar-refractivity contribution < 1.29 is 29.4 Å². The SMILES string of the molecule is CC(NC(=O)C(Cc1ccc(O)cc1)NC(=O)C(Cc1cnc[nH]1)NC(=O)CN)C(=O)O. The van der Waals surface area contributed by atoms with Crippen molar-refractivity contribution in [3.63, 3.8) is 0 Å². The van der Waals surface area contributed by atoms with Gasteiger partial charge < -0.3 is 36.9 Å². The number of amides is 3. The molecule has 1 heterocycles. The summed E-state index contributed by atoms with van der Waals surface area (Å²) in [5.74, 6) is -3.15. The number of aromatic nitrogens is 2. The highest BCUT2D eigenvalue weighted by atomic mass is 16.4. The van der Waals surface area contributed by atoms with Gasteiger partial charge in [0.1, 0.15) is 23.9 Å². The monoisotopic (exact) mass is 446 g/mol. The molecule has 32 heavy (non-hydrogen) atoms. The normalized spacial score (nSPS) is 13.4. The average Bonchev–Trinajstić information content (AvgIpc) is 3.27. The molecule has 8 N–H and O–H groups in total. The topological polar surface area (TPSA) is 200 Å². The number of nitrogens with one attached hydrogen (secondary N) is 4. The smallest absolute Gasteiger partial charge is 0.325 e. The highest BCUT2D eigenvalue weighted by molar-refractivity contribution is 5.93. The van der Waals surface area contributed by atoms with E-state index in [2.05, 4.69) is 25.9 Å². The third-order valence-corrected chi connectivity index (χ3v) is 4.55. The molecule has 12 heteroatoms. The molecule has 12 nitrogen and oxygen atoms in total. The van der Waals surface area contributed by atoms with Crippen molar-refractivity contribution in [1.29, 1.82) is 0 Å². The van der Waals surface area contributed by atoms with Crippen molar-refractivity contribution in [2.24, 2.45) is 5.73 Å². The molecule has 0 fully saturated rings. The van der Waals surface area contributed by atoms with Gasteiger partial charge in [-0.15, -0.1) is 0 Å². The standard InChI is InChI=1S/C20H26N6O6/c1-11(20(31)32)24-18(29)15(6-12-2-4-14(27)5-3-12)26-19(30)16(25-17(28)8-21)7-13-9-22-10-23-13/h2-5,9-11,15-16,27H,6-8,21H2,1H3,(H,22,23)(H,24,29)(H,25,28)(H,26,30)(H,31,32). The van der Waals surface area contributed by atoms with Crippen LogP contribution in [-0.2, 0) is 32.0 Å². The minimum Gasteiger partial charge on any atom is -0.508 e. The van der Waals surface area contributed by atoms with Gasteiger partial charge in [-0.1, -0.05) is 12.1 Å². The Kier molecular flexibility index (Phi) is 8.72. The van der Waals surface area contributed by atoms with E-state index in [4.69, 9.17) is 10.8 Å². The summed E-state index contributed by atoms with van der Waals surface area (Å²) in [4.78, 5) is 55.3. The average molecular weight is 446 g/mol. The second-order valence-electron chi connectivity index (χ2n) is 7.11. The highest BCUT2D eigenvalue weighted by Gasteiger charge is 2.29. The Morgan fingerprint density at radius 2 is 1.66 bits per heavy atom. The number of carboxylic acid groups (broad SMARTS) is 1. The Hall–Kier alpha value is -3.93. The van der Waals surface area contributed by atoms with Gasteiger partial charge >= 0.3 is 5.97 Å². The maximum Gasteiger partial charge on any atom is 0.325 e. The number of hydrogen-bond acceptors (Lipinski definition) is 7. The third-order valence-electron chi connectivity index (χ3n) is 4.55. The fourth-order valence-corrected chi connectivity index (χ4v) is 2.80. The third kappa shape index (κ3) is 7.40. The Bertz CT molecular complexity index is 931. The molecule has 3 amide bonds. The molecule has 0 spiro atoms. The van der Waals surface area contributed by atoms with E-state index in [-0.39, 0.29) is 25.1 Å². The van der Waals surface area contributed by atoms with Crippen LogP contribution in [-0.4, -0.2) is 68.5 Å². The zero-order chi connectivity index (χ0) is 23.7. The lowest BCUT2D eigenvalue weighted by atomic mass is 10.0. The molecule has 2 rings (SSSR count). The molecular formula is C20H26N6O6. The lowest BCUT2D eigenvalue weighted by Gasteiger charge is -2.24. The Balaban J connectivity index is 2.21. The van der Waals surface area contributed by atoms with Gasteiger partial charge in [-0.2, -0.15) is 0 Å². The maximum atomic E-state index is 13.0. The van der Waals surface area contributed by atoms with E-state index in [0.29, 0.717) is 11.3 Å². The van der Waals surface area contributed by atoms with Gasteiger partial charge in [0.15, 0.2) is 0 Å². The summed E-state index contributed by atoms with van der Waals surface area (Å²) in [5.41, 5.74) is 6.52. The van der Waals surface area contributed by atoms with Crippen molar-refractivity contribution >= 4 is 23.7 Å². The summed E-state index contributed by atoms with van der Waals surface area (Å²) in [7, 11) is 0. The van der Waals surface area contributed by atoms with Crippen LogP contribution in [0.5, 0.6) is 5.75 Å². The number of aliphatic carboxylic acids is 1. The van der Waals surface area contributed by atoms with Crippen LogP contribution in [0.15, 0.2) is 36.8 Å². The van der Waals surface area contributed by atoms with E-state index < -0.39 is 41.8 Å². The first-order valence-electron chi connectivity index (χ1n) is 9.77.